The summed E-state index contributed by atoms with van der Waals surface area (Å²) in [4.78, 5) is 0.129. The lowest BCUT2D eigenvalue weighted by Gasteiger charge is -2.05. The topological polar surface area (TPSA) is 64.0 Å². The largest absolute Gasteiger partial charge is 0.279 e. The molecule has 2 aromatic rings. The average molecular weight is 286 g/mol. The molecule has 0 aliphatic heterocycles. The molecular formula is C11H12ClN3O2S. The highest BCUT2D eigenvalue weighted by Crippen LogP contribution is 2.19. The number of halogens is 1. The first-order valence-electron chi connectivity index (χ1n) is 5.32. The van der Waals surface area contributed by atoms with E-state index in [1.54, 1.807) is 28.9 Å². The third kappa shape index (κ3) is 2.83. The van der Waals surface area contributed by atoms with Crippen LogP contribution in [0.1, 0.15) is 6.92 Å². The van der Waals surface area contributed by atoms with Crippen molar-refractivity contribution in [2.24, 2.45) is 0 Å². The number of aryl methyl sites for hydroxylation is 1. The van der Waals surface area contributed by atoms with E-state index >= 15 is 0 Å². The fourth-order valence-electron chi connectivity index (χ4n) is 1.42. The number of hydrogen-bond donors (Lipinski definition) is 1. The lowest BCUT2D eigenvalue weighted by atomic mass is 10.3. The number of rotatable bonds is 4. The van der Waals surface area contributed by atoms with Crippen molar-refractivity contribution < 1.29 is 8.42 Å². The molecule has 0 saturated heterocycles. The maximum Gasteiger partial charge on any atom is 0.265 e. The number of anilines is 1. The van der Waals surface area contributed by atoms with Gasteiger partial charge in [0, 0.05) is 17.8 Å². The standard InChI is InChI=1S/C11H12ClN3O2S/c1-2-15-8-11(7-13-15)18(16,17)14-10-5-3-4-9(12)6-10/h3-8,14H,2H2,1H3. The number of nitrogens with zero attached hydrogens (tertiary/aromatic N) is 2. The van der Waals surface area contributed by atoms with Crippen molar-refractivity contribution in [1.29, 1.82) is 0 Å². The minimum atomic E-state index is -3.61. The van der Waals surface area contributed by atoms with Crippen LogP contribution in [-0.2, 0) is 16.6 Å². The van der Waals surface area contributed by atoms with E-state index in [9.17, 15) is 8.42 Å². The summed E-state index contributed by atoms with van der Waals surface area (Å²) in [6.07, 6.45) is 2.79. The van der Waals surface area contributed by atoms with Gasteiger partial charge in [0.2, 0.25) is 0 Å². The summed E-state index contributed by atoms with van der Waals surface area (Å²) in [5.74, 6) is 0. The summed E-state index contributed by atoms with van der Waals surface area (Å²) >= 11 is 5.79. The van der Waals surface area contributed by atoms with E-state index in [4.69, 9.17) is 11.6 Å². The molecule has 1 heterocycles. The Morgan fingerprint density at radius 2 is 2.22 bits per heavy atom. The van der Waals surface area contributed by atoms with Crippen molar-refractivity contribution >= 4 is 27.3 Å². The smallest absolute Gasteiger partial charge is 0.265 e. The lowest BCUT2D eigenvalue weighted by molar-refractivity contribution is 0.600. The SMILES string of the molecule is CCn1cc(S(=O)(=O)Nc2cccc(Cl)c2)cn1. The van der Waals surface area contributed by atoms with Crippen molar-refractivity contribution in [2.75, 3.05) is 4.72 Å². The van der Waals surface area contributed by atoms with Gasteiger partial charge in [0.1, 0.15) is 4.90 Å². The summed E-state index contributed by atoms with van der Waals surface area (Å²) in [7, 11) is -3.61. The minimum absolute atomic E-state index is 0.129. The Balaban J connectivity index is 2.27. The van der Waals surface area contributed by atoms with Crippen LogP contribution >= 0.6 is 11.6 Å². The second-order valence-electron chi connectivity index (χ2n) is 3.65. The van der Waals surface area contributed by atoms with Crippen LogP contribution in [0.5, 0.6) is 0 Å². The van der Waals surface area contributed by atoms with Crippen LogP contribution in [0.25, 0.3) is 0 Å². The fraction of sp³-hybridized carbons (Fsp3) is 0.182. The molecule has 0 fully saturated rings. The first-order chi connectivity index (χ1) is 8.51. The Morgan fingerprint density at radius 1 is 1.44 bits per heavy atom. The molecule has 1 N–H and O–H groups in total. The number of hydrogen-bond acceptors (Lipinski definition) is 3. The Morgan fingerprint density at radius 3 is 2.83 bits per heavy atom. The first kappa shape index (κ1) is 12.9. The molecule has 0 saturated carbocycles. The van der Waals surface area contributed by atoms with Gasteiger partial charge in [0.25, 0.3) is 10.0 Å². The third-order valence-electron chi connectivity index (χ3n) is 2.32. The Kier molecular flexibility index (Phi) is 3.58. The summed E-state index contributed by atoms with van der Waals surface area (Å²) in [6.45, 7) is 2.50. The van der Waals surface area contributed by atoms with E-state index in [1.807, 2.05) is 6.92 Å². The minimum Gasteiger partial charge on any atom is -0.279 e. The Bertz CT molecular complexity index is 652. The molecule has 18 heavy (non-hydrogen) atoms. The molecule has 5 nitrogen and oxygen atoms in total. The van der Waals surface area contributed by atoms with Gasteiger partial charge in [0.05, 0.1) is 11.9 Å². The van der Waals surface area contributed by atoms with Crippen LogP contribution in [0, 0.1) is 0 Å². The molecule has 0 spiro atoms. The number of sulfonamides is 1. The zero-order valence-electron chi connectivity index (χ0n) is 9.67. The normalized spacial score (nSPS) is 11.4. The van der Waals surface area contributed by atoms with Crippen LogP contribution in [0.2, 0.25) is 5.02 Å². The highest BCUT2D eigenvalue weighted by molar-refractivity contribution is 7.92. The molecule has 2 rings (SSSR count). The number of nitrogens with one attached hydrogen (secondary N) is 1. The van der Waals surface area contributed by atoms with E-state index in [0.717, 1.165) is 0 Å². The van der Waals surface area contributed by atoms with E-state index in [2.05, 4.69) is 9.82 Å². The van der Waals surface area contributed by atoms with Gasteiger partial charge in [-0.25, -0.2) is 8.42 Å². The summed E-state index contributed by atoms with van der Waals surface area (Å²) in [5, 5.41) is 4.40. The molecular weight excluding hydrogens is 274 g/mol. The lowest BCUT2D eigenvalue weighted by Crippen LogP contribution is -2.12. The van der Waals surface area contributed by atoms with Crippen LogP contribution in [0.15, 0.2) is 41.6 Å². The third-order valence-corrected chi connectivity index (χ3v) is 3.89. The Labute approximate surface area is 110 Å². The molecule has 1 aromatic carbocycles. The van der Waals surface area contributed by atoms with Crippen LogP contribution in [0.3, 0.4) is 0 Å². The maximum atomic E-state index is 12.0. The van der Waals surface area contributed by atoms with E-state index in [-0.39, 0.29) is 4.90 Å². The monoisotopic (exact) mass is 285 g/mol. The molecule has 1 aromatic heterocycles. The van der Waals surface area contributed by atoms with Crippen LogP contribution < -0.4 is 4.72 Å². The summed E-state index contributed by atoms with van der Waals surface area (Å²) < 4.78 is 28.1. The fourth-order valence-corrected chi connectivity index (χ4v) is 2.61. The van der Waals surface area contributed by atoms with Gasteiger partial charge in [0.15, 0.2) is 0 Å². The quantitative estimate of drug-likeness (QED) is 0.938. The van der Waals surface area contributed by atoms with Gasteiger partial charge in [-0.1, -0.05) is 17.7 Å². The highest BCUT2D eigenvalue weighted by Gasteiger charge is 2.16. The van der Waals surface area contributed by atoms with Crippen LogP contribution in [0.4, 0.5) is 5.69 Å². The predicted molar refractivity (Wildman–Crippen MR) is 70.2 cm³/mol. The number of aromatic nitrogens is 2. The second-order valence-corrected chi connectivity index (χ2v) is 5.77. The molecule has 0 bridgehead atoms. The van der Waals surface area contributed by atoms with Gasteiger partial charge in [-0.3, -0.25) is 9.40 Å². The molecule has 0 aliphatic carbocycles. The molecule has 0 aliphatic rings. The zero-order chi connectivity index (χ0) is 13.2. The predicted octanol–water partition coefficient (Wildman–Crippen LogP) is 2.36. The van der Waals surface area contributed by atoms with Crippen molar-refractivity contribution in [3.05, 3.63) is 41.7 Å². The maximum absolute atomic E-state index is 12.0. The van der Waals surface area contributed by atoms with Crippen molar-refractivity contribution in [1.82, 2.24) is 9.78 Å². The van der Waals surface area contributed by atoms with Crippen molar-refractivity contribution in [2.45, 2.75) is 18.4 Å². The van der Waals surface area contributed by atoms with Crippen molar-refractivity contribution in [3.8, 4) is 0 Å². The molecule has 0 amide bonds. The van der Waals surface area contributed by atoms with Crippen LogP contribution in [-0.4, -0.2) is 18.2 Å². The summed E-state index contributed by atoms with van der Waals surface area (Å²) in [5.41, 5.74) is 0.423. The van der Waals surface area contributed by atoms with Gasteiger partial charge < -0.3 is 0 Å². The first-order valence-corrected chi connectivity index (χ1v) is 7.18. The molecule has 0 radical (unpaired) electrons. The molecule has 0 atom stereocenters. The zero-order valence-corrected chi connectivity index (χ0v) is 11.2. The second kappa shape index (κ2) is 4.99. The van der Waals surface area contributed by atoms with Gasteiger partial charge in [-0.2, -0.15) is 5.10 Å². The molecule has 7 heteroatoms. The van der Waals surface area contributed by atoms with E-state index in [0.29, 0.717) is 17.3 Å². The molecule has 0 unspecified atom stereocenters. The summed E-state index contributed by atoms with van der Waals surface area (Å²) in [6, 6.07) is 6.53. The number of benzene rings is 1. The van der Waals surface area contributed by atoms with Gasteiger partial charge in [-0.15, -0.1) is 0 Å². The van der Waals surface area contributed by atoms with E-state index in [1.165, 1.54) is 12.4 Å². The average Bonchev–Trinajstić information content (AvgIpc) is 2.77. The Hall–Kier alpha value is -1.53. The van der Waals surface area contributed by atoms with Gasteiger partial charge in [-0.05, 0) is 25.1 Å². The molecule has 96 valence electrons. The van der Waals surface area contributed by atoms with E-state index < -0.39 is 10.0 Å². The van der Waals surface area contributed by atoms with Gasteiger partial charge >= 0.3 is 0 Å². The van der Waals surface area contributed by atoms with Crippen molar-refractivity contribution in [3.63, 3.8) is 0 Å². The highest BCUT2D eigenvalue weighted by atomic mass is 35.5.